The van der Waals surface area contributed by atoms with E-state index in [0.717, 1.165) is 16.9 Å². The van der Waals surface area contributed by atoms with Gasteiger partial charge >= 0.3 is 0 Å². The summed E-state index contributed by atoms with van der Waals surface area (Å²) in [4.78, 5) is 0. The third-order valence-electron chi connectivity index (χ3n) is 3.61. The fraction of sp³-hybridized carbons (Fsp3) is 0.0476. The maximum absolute atomic E-state index is 13.6. The molecule has 136 valence electrons. The molecule has 0 unspecified atom stereocenters. The lowest BCUT2D eigenvalue weighted by Gasteiger charge is -2.08. The van der Waals surface area contributed by atoms with Gasteiger partial charge in [-0.1, -0.05) is 54.6 Å². The summed E-state index contributed by atoms with van der Waals surface area (Å²) < 4.78 is 19.4. The van der Waals surface area contributed by atoms with Crippen LogP contribution in [0.15, 0.2) is 84.0 Å². The molecular weight excluding hydrogens is 361 g/mol. The SMILES string of the molecule is Fc1ccccc1NC(=S)N/N=C\c1cccc(OCc2ccccc2)c1. The number of halogens is 1. The molecule has 3 aromatic rings. The molecular formula is C21H18FN3OS. The summed E-state index contributed by atoms with van der Waals surface area (Å²) in [5.41, 5.74) is 4.91. The summed E-state index contributed by atoms with van der Waals surface area (Å²) in [6, 6.07) is 23.8. The Balaban J connectivity index is 1.52. The van der Waals surface area contributed by atoms with Crippen molar-refractivity contribution in [1.82, 2.24) is 5.43 Å². The van der Waals surface area contributed by atoms with Gasteiger partial charge in [-0.3, -0.25) is 5.43 Å². The van der Waals surface area contributed by atoms with Crippen LogP contribution in [0.2, 0.25) is 0 Å². The molecule has 0 atom stereocenters. The summed E-state index contributed by atoms with van der Waals surface area (Å²) in [5.74, 6) is 0.365. The van der Waals surface area contributed by atoms with Crippen molar-refractivity contribution >= 4 is 29.2 Å². The first kappa shape index (κ1) is 18.5. The molecule has 0 saturated heterocycles. The molecule has 0 saturated carbocycles. The molecule has 0 aromatic heterocycles. The van der Waals surface area contributed by atoms with E-state index >= 15 is 0 Å². The van der Waals surface area contributed by atoms with Gasteiger partial charge < -0.3 is 10.1 Å². The van der Waals surface area contributed by atoms with Crippen LogP contribution in [-0.2, 0) is 6.61 Å². The van der Waals surface area contributed by atoms with Gasteiger partial charge in [0.2, 0.25) is 0 Å². The standard InChI is InChI=1S/C21H18FN3OS/c22-19-11-4-5-12-20(19)24-21(27)25-23-14-17-9-6-10-18(13-17)26-15-16-7-2-1-3-8-16/h1-14H,15H2,(H2,24,25,27)/b23-14-. The Hall–Kier alpha value is -3.25. The van der Waals surface area contributed by atoms with E-state index in [1.807, 2.05) is 54.6 Å². The second kappa shape index (κ2) is 9.45. The second-order valence-electron chi connectivity index (χ2n) is 5.65. The molecule has 27 heavy (non-hydrogen) atoms. The lowest BCUT2D eigenvalue weighted by molar-refractivity contribution is 0.306. The first-order valence-electron chi connectivity index (χ1n) is 8.32. The van der Waals surface area contributed by atoms with Crippen LogP contribution in [0.3, 0.4) is 0 Å². The van der Waals surface area contributed by atoms with Crippen molar-refractivity contribution in [1.29, 1.82) is 0 Å². The predicted molar refractivity (Wildman–Crippen MR) is 111 cm³/mol. The Morgan fingerprint density at radius 3 is 2.59 bits per heavy atom. The van der Waals surface area contributed by atoms with E-state index in [4.69, 9.17) is 17.0 Å². The van der Waals surface area contributed by atoms with Gasteiger partial charge in [-0.25, -0.2) is 4.39 Å². The number of hydrazone groups is 1. The average molecular weight is 379 g/mol. The van der Waals surface area contributed by atoms with E-state index < -0.39 is 0 Å². The molecule has 0 aliphatic rings. The first-order valence-corrected chi connectivity index (χ1v) is 8.73. The summed E-state index contributed by atoms with van der Waals surface area (Å²) in [7, 11) is 0. The van der Waals surface area contributed by atoms with Crippen molar-refractivity contribution in [3.8, 4) is 5.75 Å². The highest BCUT2D eigenvalue weighted by Crippen LogP contribution is 2.14. The maximum atomic E-state index is 13.6. The monoisotopic (exact) mass is 379 g/mol. The molecule has 0 spiro atoms. The zero-order valence-electron chi connectivity index (χ0n) is 14.4. The topological polar surface area (TPSA) is 45.7 Å². The van der Waals surface area contributed by atoms with Crippen molar-refractivity contribution in [2.75, 3.05) is 5.32 Å². The third kappa shape index (κ3) is 5.90. The van der Waals surface area contributed by atoms with Crippen molar-refractivity contribution in [3.63, 3.8) is 0 Å². The first-order chi connectivity index (χ1) is 13.2. The molecule has 6 heteroatoms. The molecule has 0 aliphatic carbocycles. The van der Waals surface area contributed by atoms with E-state index in [9.17, 15) is 4.39 Å². The highest BCUT2D eigenvalue weighted by Gasteiger charge is 2.02. The highest BCUT2D eigenvalue weighted by molar-refractivity contribution is 7.80. The number of rotatable bonds is 6. The van der Waals surface area contributed by atoms with E-state index in [2.05, 4.69) is 15.8 Å². The van der Waals surface area contributed by atoms with Gasteiger partial charge in [0.15, 0.2) is 5.11 Å². The minimum absolute atomic E-state index is 0.202. The van der Waals surface area contributed by atoms with E-state index in [0.29, 0.717) is 12.3 Å². The number of hydrogen-bond donors (Lipinski definition) is 2. The number of para-hydroxylation sites is 1. The second-order valence-corrected chi connectivity index (χ2v) is 6.06. The van der Waals surface area contributed by atoms with Gasteiger partial charge in [0, 0.05) is 0 Å². The molecule has 0 fully saturated rings. The van der Waals surface area contributed by atoms with Crippen molar-refractivity contribution in [3.05, 3.63) is 95.8 Å². The van der Waals surface area contributed by atoms with E-state index in [1.165, 1.54) is 6.07 Å². The van der Waals surface area contributed by atoms with Crippen LogP contribution in [0.4, 0.5) is 10.1 Å². The van der Waals surface area contributed by atoms with Gasteiger partial charge in [-0.2, -0.15) is 5.10 Å². The quantitative estimate of drug-likeness (QED) is 0.369. The number of nitrogens with zero attached hydrogens (tertiary/aromatic N) is 1. The Kier molecular flexibility index (Phi) is 6.49. The molecule has 0 heterocycles. The third-order valence-corrected chi connectivity index (χ3v) is 3.80. The lowest BCUT2D eigenvalue weighted by Crippen LogP contribution is -2.24. The van der Waals surface area contributed by atoms with Crippen LogP contribution < -0.4 is 15.5 Å². The molecule has 2 N–H and O–H groups in total. The number of anilines is 1. The van der Waals surface area contributed by atoms with E-state index in [1.54, 1.807) is 24.4 Å². The fourth-order valence-electron chi connectivity index (χ4n) is 2.30. The number of thiocarbonyl (C=S) groups is 1. The van der Waals surface area contributed by atoms with Gasteiger partial charge in [-0.15, -0.1) is 0 Å². The van der Waals surface area contributed by atoms with Gasteiger partial charge in [-0.05, 0) is 47.6 Å². The molecule has 0 amide bonds. The summed E-state index contributed by atoms with van der Waals surface area (Å²) in [6.07, 6.45) is 1.62. The van der Waals surface area contributed by atoms with Gasteiger partial charge in [0.1, 0.15) is 18.2 Å². The summed E-state index contributed by atoms with van der Waals surface area (Å²) >= 11 is 5.11. The van der Waals surface area contributed by atoms with Crippen molar-refractivity contribution in [2.45, 2.75) is 6.61 Å². The predicted octanol–water partition coefficient (Wildman–Crippen LogP) is 4.73. The Morgan fingerprint density at radius 2 is 1.78 bits per heavy atom. The molecule has 3 rings (SSSR count). The van der Waals surface area contributed by atoms with Crippen LogP contribution in [0.25, 0.3) is 0 Å². The molecule has 3 aromatic carbocycles. The van der Waals surface area contributed by atoms with Crippen LogP contribution in [0.1, 0.15) is 11.1 Å². The maximum Gasteiger partial charge on any atom is 0.191 e. The smallest absolute Gasteiger partial charge is 0.191 e. The number of ether oxygens (including phenoxy) is 1. The van der Waals surface area contributed by atoms with E-state index in [-0.39, 0.29) is 10.9 Å². The average Bonchev–Trinajstić information content (AvgIpc) is 2.69. The molecule has 0 bridgehead atoms. The zero-order chi connectivity index (χ0) is 18.9. The zero-order valence-corrected chi connectivity index (χ0v) is 15.2. The molecule has 4 nitrogen and oxygen atoms in total. The van der Waals surface area contributed by atoms with Crippen LogP contribution in [0.5, 0.6) is 5.75 Å². The van der Waals surface area contributed by atoms with Crippen LogP contribution in [0, 0.1) is 5.82 Å². The Labute approximate surface area is 162 Å². The van der Waals surface area contributed by atoms with Crippen molar-refractivity contribution in [2.24, 2.45) is 5.10 Å². The minimum atomic E-state index is -0.381. The van der Waals surface area contributed by atoms with Crippen molar-refractivity contribution < 1.29 is 9.13 Å². The van der Waals surface area contributed by atoms with Crippen LogP contribution in [-0.4, -0.2) is 11.3 Å². The van der Waals surface area contributed by atoms with Gasteiger partial charge in [0.25, 0.3) is 0 Å². The number of benzene rings is 3. The van der Waals surface area contributed by atoms with Crippen LogP contribution >= 0.6 is 12.2 Å². The Bertz CT molecular complexity index is 931. The summed E-state index contributed by atoms with van der Waals surface area (Å²) in [6.45, 7) is 0.496. The van der Waals surface area contributed by atoms with Gasteiger partial charge in [0.05, 0.1) is 11.9 Å². The number of hydrogen-bond acceptors (Lipinski definition) is 3. The fourth-order valence-corrected chi connectivity index (χ4v) is 2.47. The highest BCUT2D eigenvalue weighted by atomic mass is 32.1. The largest absolute Gasteiger partial charge is 0.489 e. The molecule has 0 radical (unpaired) electrons. The molecule has 0 aliphatic heterocycles. The lowest BCUT2D eigenvalue weighted by atomic mass is 10.2. The summed E-state index contributed by atoms with van der Waals surface area (Å²) in [5, 5.41) is 7.02. The normalized spacial score (nSPS) is 10.6. The number of nitrogens with one attached hydrogen (secondary N) is 2. The Morgan fingerprint density at radius 1 is 1.00 bits per heavy atom. The minimum Gasteiger partial charge on any atom is -0.489 e.